The highest BCUT2D eigenvalue weighted by molar-refractivity contribution is 5.87. The van der Waals surface area contributed by atoms with Crippen molar-refractivity contribution in [3.8, 4) is 0 Å². The number of allylic oxidation sites excluding steroid dienone is 1. The number of benzene rings is 2. The molecule has 0 atom stereocenters. The number of para-hydroxylation sites is 2. The molecule has 0 amide bonds. The average Bonchev–Trinajstić information content (AvgIpc) is 2.69. The van der Waals surface area contributed by atoms with Gasteiger partial charge in [0.1, 0.15) is 0 Å². The van der Waals surface area contributed by atoms with Gasteiger partial charge in [-0.2, -0.15) is 0 Å². The van der Waals surface area contributed by atoms with Gasteiger partial charge in [-0.15, -0.1) is 0 Å². The second-order valence-corrected chi connectivity index (χ2v) is 9.32. The van der Waals surface area contributed by atoms with Crippen LogP contribution in [0.5, 0.6) is 0 Å². The lowest BCUT2D eigenvalue weighted by atomic mass is 9.92. The van der Waals surface area contributed by atoms with Crippen LogP contribution in [0, 0.1) is 0 Å². The summed E-state index contributed by atoms with van der Waals surface area (Å²) in [6.45, 7) is 20.1. The number of rotatable bonds is 8. The van der Waals surface area contributed by atoms with Gasteiger partial charge in [0.15, 0.2) is 0 Å². The van der Waals surface area contributed by atoms with E-state index in [2.05, 4.69) is 116 Å². The van der Waals surface area contributed by atoms with Crippen molar-refractivity contribution in [1.29, 1.82) is 0 Å². The molecule has 0 bridgehead atoms. The quantitative estimate of drug-likeness (QED) is 0.317. The third-order valence-corrected chi connectivity index (χ3v) is 5.56. The molecule has 2 aromatic rings. The predicted octanol–water partition coefficient (Wildman–Crippen LogP) is 8.88. The molecular formula is C28H40N2. The molecule has 0 aliphatic carbocycles. The van der Waals surface area contributed by atoms with Crippen molar-refractivity contribution in [2.45, 2.75) is 86.0 Å². The molecule has 2 heteroatoms. The maximum absolute atomic E-state index is 5.09. The van der Waals surface area contributed by atoms with E-state index in [-0.39, 0.29) is 0 Å². The van der Waals surface area contributed by atoms with Crippen LogP contribution in [0.1, 0.15) is 108 Å². The SMILES string of the molecule is C/C=C\N(/C=N/c1c(C(C)C)cccc1C(C)C)c1c(C(C)C)cccc1C(C)C. The van der Waals surface area contributed by atoms with E-state index in [0.29, 0.717) is 23.7 Å². The fourth-order valence-electron chi connectivity index (χ4n) is 3.92. The predicted molar refractivity (Wildman–Crippen MR) is 135 cm³/mol. The van der Waals surface area contributed by atoms with E-state index < -0.39 is 0 Å². The molecule has 0 N–H and O–H groups in total. The van der Waals surface area contributed by atoms with Gasteiger partial charge in [0, 0.05) is 6.20 Å². The molecule has 0 aliphatic heterocycles. The van der Waals surface area contributed by atoms with Gasteiger partial charge in [-0.1, -0.05) is 97.9 Å². The first-order chi connectivity index (χ1) is 14.2. The van der Waals surface area contributed by atoms with Crippen molar-refractivity contribution in [2.75, 3.05) is 4.90 Å². The zero-order valence-electron chi connectivity index (χ0n) is 20.4. The molecule has 2 rings (SSSR count). The van der Waals surface area contributed by atoms with Crippen molar-refractivity contribution in [2.24, 2.45) is 4.99 Å². The lowest BCUT2D eigenvalue weighted by Crippen LogP contribution is -2.18. The minimum atomic E-state index is 0.431. The molecule has 0 saturated heterocycles. The molecular weight excluding hydrogens is 364 g/mol. The van der Waals surface area contributed by atoms with Gasteiger partial charge in [-0.3, -0.25) is 0 Å². The maximum Gasteiger partial charge on any atom is 0.0998 e. The standard InChI is InChI=1S/C28H40N2/c1-10-17-30(28-25(21(6)7)15-12-16-26(28)22(8)9)18-29-27-23(19(2)3)13-11-14-24(27)20(4)5/h10-22H,1-9H3/b17-10-,29-18+. The first-order valence-electron chi connectivity index (χ1n) is 11.4. The molecule has 0 saturated carbocycles. The number of hydrogen-bond acceptors (Lipinski definition) is 1. The van der Waals surface area contributed by atoms with E-state index in [1.165, 1.54) is 27.9 Å². The van der Waals surface area contributed by atoms with Crippen molar-refractivity contribution in [3.05, 3.63) is 70.9 Å². The van der Waals surface area contributed by atoms with Gasteiger partial charge in [0.05, 0.1) is 17.7 Å². The summed E-state index contributed by atoms with van der Waals surface area (Å²) in [7, 11) is 0. The summed E-state index contributed by atoms with van der Waals surface area (Å²) >= 11 is 0. The van der Waals surface area contributed by atoms with Gasteiger partial charge < -0.3 is 4.90 Å². The van der Waals surface area contributed by atoms with E-state index >= 15 is 0 Å². The van der Waals surface area contributed by atoms with E-state index in [9.17, 15) is 0 Å². The molecule has 2 nitrogen and oxygen atoms in total. The second kappa shape index (κ2) is 10.6. The Kier molecular flexibility index (Phi) is 8.46. The zero-order chi connectivity index (χ0) is 22.4. The highest BCUT2D eigenvalue weighted by Crippen LogP contribution is 2.37. The van der Waals surface area contributed by atoms with E-state index in [1.807, 2.05) is 6.34 Å². The Bertz CT molecular complexity index is 833. The smallest absolute Gasteiger partial charge is 0.0998 e. The first kappa shape index (κ1) is 23.9. The van der Waals surface area contributed by atoms with Crippen LogP contribution in [0.4, 0.5) is 11.4 Å². The fourth-order valence-corrected chi connectivity index (χ4v) is 3.92. The Hall–Kier alpha value is -2.35. The van der Waals surface area contributed by atoms with Crippen LogP contribution < -0.4 is 4.90 Å². The largest absolute Gasteiger partial charge is 0.308 e. The van der Waals surface area contributed by atoms with Gasteiger partial charge in [0.25, 0.3) is 0 Å². The number of hydrogen-bond donors (Lipinski definition) is 0. The normalized spacial score (nSPS) is 12.4. The molecule has 0 aliphatic rings. The number of anilines is 1. The zero-order valence-corrected chi connectivity index (χ0v) is 20.4. The topological polar surface area (TPSA) is 15.6 Å². The van der Waals surface area contributed by atoms with Crippen LogP contribution in [-0.4, -0.2) is 6.34 Å². The summed E-state index contributed by atoms with van der Waals surface area (Å²) in [5.41, 5.74) is 7.69. The Balaban J connectivity index is 2.68. The highest BCUT2D eigenvalue weighted by Gasteiger charge is 2.18. The minimum absolute atomic E-state index is 0.431. The third-order valence-electron chi connectivity index (χ3n) is 5.56. The maximum atomic E-state index is 5.09. The molecule has 162 valence electrons. The van der Waals surface area contributed by atoms with Crippen LogP contribution >= 0.6 is 0 Å². The molecule has 0 spiro atoms. The summed E-state index contributed by atoms with van der Waals surface area (Å²) in [6, 6.07) is 13.3. The molecule has 2 aromatic carbocycles. The lowest BCUT2D eigenvalue weighted by molar-refractivity contribution is 0.831. The fraction of sp³-hybridized carbons (Fsp3) is 0.464. The Morgan fingerprint density at radius 2 is 1.07 bits per heavy atom. The van der Waals surface area contributed by atoms with Crippen LogP contribution in [0.15, 0.2) is 53.7 Å². The molecule has 0 radical (unpaired) electrons. The van der Waals surface area contributed by atoms with E-state index in [0.717, 1.165) is 5.69 Å². The van der Waals surface area contributed by atoms with Crippen molar-refractivity contribution < 1.29 is 0 Å². The van der Waals surface area contributed by atoms with Crippen LogP contribution in [0.2, 0.25) is 0 Å². The molecule has 0 fully saturated rings. The Morgan fingerprint density at radius 3 is 1.43 bits per heavy atom. The molecule has 30 heavy (non-hydrogen) atoms. The highest BCUT2D eigenvalue weighted by atomic mass is 15.1. The van der Waals surface area contributed by atoms with Crippen LogP contribution in [0.3, 0.4) is 0 Å². The monoisotopic (exact) mass is 404 g/mol. The van der Waals surface area contributed by atoms with Gasteiger partial charge >= 0.3 is 0 Å². The molecule has 0 heterocycles. The van der Waals surface area contributed by atoms with Crippen LogP contribution in [-0.2, 0) is 0 Å². The summed E-state index contributed by atoms with van der Waals surface area (Å²) < 4.78 is 0. The summed E-state index contributed by atoms with van der Waals surface area (Å²) in [6.07, 6.45) is 6.23. The second-order valence-electron chi connectivity index (χ2n) is 9.32. The molecule has 0 unspecified atom stereocenters. The summed E-state index contributed by atoms with van der Waals surface area (Å²) in [4.78, 5) is 7.31. The van der Waals surface area contributed by atoms with Crippen molar-refractivity contribution >= 4 is 17.7 Å². The Labute approximate surface area is 184 Å². The Morgan fingerprint density at radius 1 is 0.667 bits per heavy atom. The van der Waals surface area contributed by atoms with Crippen molar-refractivity contribution in [3.63, 3.8) is 0 Å². The lowest BCUT2D eigenvalue weighted by Gasteiger charge is -2.26. The summed E-state index contributed by atoms with van der Waals surface area (Å²) in [5, 5.41) is 0. The first-order valence-corrected chi connectivity index (χ1v) is 11.4. The van der Waals surface area contributed by atoms with Gasteiger partial charge in [-0.25, -0.2) is 4.99 Å². The third kappa shape index (κ3) is 5.41. The number of nitrogens with zero attached hydrogens (tertiary/aromatic N) is 2. The number of aliphatic imine (C=N–C) groups is 1. The van der Waals surface area contributed by atoms with Crippen LogP contribution in [0.25, 0.3) is 0 Å². The van der Waals surface area contributed by atoms with Gasteiger partial charge in [0.2, 0.25) is 0 Å². The molecule has 0 aromatic heterocycles. The van der Waals surface area contributed by atoms with E-state index in [4.69, 9.17) is 4.99 Å². The average molecular weight is 405 g/mol. The van der Waals surface area contributed by atoms with Crippen molar-refractivity contribution in [1.82, 2.24) is 0 Å². The van der Waals surface area contributed by atoms with Gasteiger partial charge in [-0.05, 0) is 52.8 Å². The minimum Gasteiger partial charge on any atom is -0.308 e. The van der Waals surface area contributed by atoms with E-state index in [1.54, 1.807) is 0 Å². The summed E-state index contributed by atoms with van der Waals surface area (Å²) in [5.74, 6) is 1.74.